The first-order chi connectivity index (χ1) is 35.3. The molecule has 2 aromatic carbocycles. The number of carboxylic acid groups (broad SMARTS) is 1. The lowest BCUT2D eigenvalue weighted by Gasteiger charge is -2.30. The number of Topliss-reactive ketones (excluding diaryl/α,β-unsaturated/α-hetero) is 1. The Morgan fingerprint density at radius 2 is 1.66 bits per heavy atom. The van der Waals surface area contributed by atoms with Crippen molar-refractivity contribution in [2.75, 3.05) is 32.6 Å². The second-order valence-electron chi connectivity index (χ2n) is 18.5. The van der Waals surface area contributed by atoms with Gasteiger partial charge in [0.25, 0.3) is 5.91 Å². The van der Waals surface area contributed by atoms with Gasteiger partial charge in [-0.05, 0) is 105 Å². The number of carbonyl (C=O) groups is 5. The summed E-state index contributed by atoms with van der Waals surface area (Å²) in [6.45, 7) is 7.83. The largest absolute Gasteiger partial charge is 0.508 e. The van der Waals surface area contributed by atoms with E-state index in [1.54, 1.807) is 50.3 Å². The van der Waals surface area contributed by atoms with Gasteiger partial charge in [-0.2, -0.15) is 0 Å². The molecule has 9 N–H and O–H groups in total. The van der Waals surface area contributed by atoms with Gasteiger partial charge in [0.1, 0.15) is 23.2 Å². The molecule has 6 rings (SSSR count). The van der Waals surface area contributed by atoms with Crippen molar-refractivity contribution in [1.29, 1.82) is 0 Å². The van der Waals surface area contributed by atoms with E-state index in [0.29, 0.717) is 59.3 Å². The first kappa shape index (κ1) is 55.9. The van der Waals surface area contributed by atoms with Crippen LogP contribution in [0, 0.1) is 11.8 Å². The van der Waals surface area contributed by atoms with Gasteiger partial charge in [-0.25, -0.2) is 9.59 Å². The number of allylic oxidation sites excluding steroid dienone is 4. The summed E-state index contributed by atoms with van der Waals surface area (Å²) in [6.07, 6.45) is 6.32. The highest BCUT2D eigenvalue weighted by Gasteiger charge is 2.34. The summed E-state index contributed by atoms with van der Waals surface area (Å²) in [7, 11) is 2.90. The van der Waals surface area contributed by atoms with Gasteiger partial charge in [0.15, 0.2) is 16.6 Å². The molecule has 74 heavy (non-hydrogen) atoms. The van der Waals surface area contributed by atoms with E-state index in [2.05, 4.69) is 21.3 Å². The number of methoxy groups -OCH3 is 2. The van der Waals surface area contributed by atoms with E-state index >= 15 is 0 Å². The first-order valence-corrected chi connectivity index (χ1v) is 24.6. The van der Waals surface area contributed by atoms with Crippen molar-refractivity contribution in [3.63, 3.8) is 0 Å². The van der Waals surface area contributed by atoms with E-state index in [4.69, 9.17) is 36.6 Å². The van der Waals surface area contributed by atoms with Crippen LogP contribution >= 0.6 is 12.2 Å². The van der Waals surface area contributed by atoms with Gasteiger partial charge in [0.2, 0.25) is 11.6 Å². The second kappa shape index (κ2) is 25.5. The van der Waals surface area contributed by atoms with Gasteiger partial charge in [-0.15, -0.1) is 0 Å². The van der Waals surface area contributed by atoms with Crippen LogP contribution < -0.4 is 32.4 Å². The number of aromatic hydroxyl groups is 1. The van der Waals surface area contributed by atoms with E-state index in [1.807, 2.05) is 6.92 Å². The van der Waals surface area contributed by atoms with Crippen molar-refractivity contribution in [3.8, 4) is 28.2 Å². The van der Waals surface area contributed by atoms with E-state index in [0.717, 1.165) is 25.3 Å². The van der Waals surface area contributed by atoms with Crippen LogP contribution in [0.4, 0.5) is 10.5 Å². The number of hydrogen-bond donors (Lipinski definition) is 8. The molecule has 18 nitrogen and oxygen atoms in total. The summed E-state index contributed by atoms with van der Waals surface area (Å²) < 4.78 is 22.7. The molecule has 2 amide bonds. The number of phenolic OH excluding ortho intramolecular Hbond substituents is 1. The van der Waals surface area contributed by atoms with Crippen LogP contribution in [0.2, 0.25) is 0 Å². The van der Waals surface area contributed by atoms with Crippen molar-refractivity contribution < 1.29 is 57.9 Å². The number of unbranched alkanes of at least 4 members (excludes halogenated alkanes) is 3. The monoisotopic (exact) mass is 1030 g/mol. The lowest BCUT2D eigenvalue weighted by molar-refractivity contribution is -0.120. The predicted molar refractivity (Wildman–Crippen MR) is 283 cm³/mol. The Bertz CT molecular complexity index is 2990. The number of benzene rings is 3. The molecule has 19 heteroatoms. The molecule has 2 heterocycles. The van der Waals surface area contributed by atoms with Gasteiger partial charge in [0, 0.05) is 84.8 Å². The number of ether oxygens (including phenoxy) is 3. The third kappa shape index (κ3) is 14.0. The number of nitrogens with one attached hydrogen (secondary N) is 4. The summed E-state index contributed by atoms with van der Waals surface area (Å²) >= 11 is 5.54. The lowest BCUT2D eigenvalue weighted by atomic mass is 9.85. The number of primary amides is 1. The number of anilines is 1. The minimum absolute atomic E-state index is 0.0261. The normalized spacial score (nSPS) is 23.0. The molecule has 6 atom stereocenters. The summed E-state index contributed by atoms with van der Waals surface area (Å²) in [4.78, 5) is 78.1. The maximum atomic E-state index is 14.1. The average molecular weight is 1030 g/mol. The highest BCUT2D eigenvalue weighted by molar-refractivity contribution is 7.80. The van der Waals surface area contributed by atoms with Crippen molar-refractivity contribution in [2.24, 2.45) is 17.6 Å². The molecular formula is C55H63N5O13S. The average Bonchev–Trinajstić information content (AvgIpc) is 3.35. The van der Waals surface area contributed by atoms with Crippen LogP contribution in [0.3, 0.4) is 0 Å². The minimum atomic E-state index is -1.19. The Morgan fingerprint density at radius 3 is 2.36 bits per heavy atom. The maximum Gasteiger partial charge on any atom is 0.405 e. The van der Waals surface area contributed by atoms with Crippen LogP contribution in [0.15, 0.2) is 122 Å². The fourth-order valence-corrected chi connectivity index (χ4v) is 9.36. The number of amides is 2. The SMILES string of the molecule is CO[C@H]1/C=C\C=C(\C)C(=O)NC2=CC(=O)C(NCCCCCCNC(=S)Nc3ccc(-c4c5ccc(=O)cc-5oc5cc(O)ccc45)c(C(=O)O)c3)=C(C[C@@H](C)C[C@H](OC)[C@H](O)[C@@H](C)/C=C(/C)[C@@H]1OC(N)=O)C2=O. The molecule has 4 aliphatic rings. The zero-order chi connectivity index (χ0) is 53.8. The first-order valence-electron chi connectivity index (χ1n) is 24.2. The Labute approximate surface area is 433 Å². The summed E-state index contributed by atoms with van der Waals surface area (Å²) in [5, 5.41) is 44.9. The minimum Gasteiger partial charge on any atom is -0.508 e. The van der Waals surface area contributed by atoms with E-state index in [9.17, 15) is 44.1 Å². The standard InChI is InChI=1S/C55H63N5O13S/c1-29-22-40-48(42(63)28-41(50(40)65)60-52(66)30(2)12-11-13-43(70-5)51(73-54(56)69)32(4)24-31(3)49(64)46(23-29)71-6)57-20-9-7-8-10-21-58-55(74)59-33-14-17-36(39(25-33)53(67)68)47-37-18-15-34(61)26-44(37)72-45-27-35(62)16-19-38(45)47/h11-19,24-29,31,43,46,49,51,57,61,64H,7-10,20-23H2,1-6H3,(H2,56,69)(H,60,66)(H,67,68)(H2,58,59,74)/b13-11-,30-12-,32-24-/t29-,31+,43+,46+,49-,51+/m1/s1. The zero-order valence-electron chi connectivity index (χ0n) is 42.1. The number of hydrogen-bond acceptors (Lipinski definition) is 14. The number of rotatable bonds is 14. The molecule has 2 aromatic rings. The Morgan fingerprint density at radius 1 is 0.932 bits per heavy atom. The number of ketones is 2. The maximum absolute atomic E-state index is 14.1. The van der Waals surface area contributed by atoms with Crippen LogP contribution in [-0.4, -0.2) is 102 Å². The quantitative estimate of drug-likeness (QED) is 0.0204. The van der Waals surface area contributed by atoms with Crippen LogP contribution in [0.25, 0.3) is 33.4 Å². The fraction of sp³-hybridized carbons (Fsp3) is 0.364. The fourth-order valence-electron chi connectivity index (χ4n) is 9.14. The number of nitrogens with two attached hydrogens (primary N) is 1. The van der Waals surface area contributed by atoms with Crippen molar-refractivity contribution >= 4 is 63.5 Å². The molecule has 0 spiro atoms. The molecule has 0 unspecified atom stereocenters. The molecule has 2 aliphatic heterocycles. The molecule has 392 valence electrons. The van der Waals surface area contributed by atoms with Gasteiger partial charge in [-0.3, -0.25) is 19.2 Å². The van der Waals surface area contributed by atoms with Gasteiger partial charge in [-0.1, -0.05) is 57.1 Å². The molecule has 2 aliphatic carbocycles. The number of carbonyl (C=O) groups excluding carboxylic acids is 4. The van der Waals surface area contributed by atoms with Gasteiger partial charge >= 0.3 is 12.1 Å². The third-order valence-electron chi connectivity index (χ3n) is 12.9. The van der Waals surface area contributed by atoms with Crippen LogP contribution in [0.1, 0.15) is 76.6 Å². The Kier molecular flexibility index (Phi) is 19.2. The lowest BCUT2D eigenvalue weighted by Crippen LogP contribution is -2.38. The summed E-state index contributed by atoms with van der Waals surface area (Å²) in [5.41, 5.74) is 8.18. The predicted octanol–water partition coefficient (Wildman–Crippen LogP) is 7.18. The Balaban J connectivity index is 1.08. The Hall–Kier alpha value is -7.45. The number of fused-ring (bicyclic) bond motifs is 4. The number of aromatic carboxylic acids is 1. The smallest absolute Gasteiger partial charge is 0.405 e. The molecular weight excluding hydrogens is 971 g/mol. The van der Waals surface area contributed by atoms with E-state index in [-0.39, 0.29) is 68.1 Å². The highest BCUT2D eigenvalue weighted by Crippen LogP contribution is 2.42. The number of thiocarbonyl (C=S) groups is 1. The molecule has 0 fully saturated rings. The highest BCUT2D eigenvalue weighted by atomic mass is 32.1. The second-order valence-corrected chi connectivity index (χ2v) is 18.9. The molecule has 0 saturated heterocycles. The van der Waals surface area contributed by atoms with Gasteiger partial charge < -0.3 is 60.9 Å². The van der Waals surface area contributed by atoms with Gasteiger partial charge in [0.05, 0.1) is 29.2 Å². The topological polar surface area (TPSA) is 278 Å². The zero-order valence-corrected chi connectivity index (χ0v) is 42.9. The van der Waals surface area contributed by atoms with E-state index in [1.165, 1.54) is 63.6 Å². The number of aliphatic hydroxyl groups excluding tert-OH is 1. The summed E-state index contributed by atoms with van der Waals surface area (Å²) in [5.74, 6) is -3.38. The van der Waals surface area contributed by atoms with Crippen LogP contribution in [0.5, 0.6) is 5.75 Å². The van der Waals surface area contributed by atoms with Crippen molar-refractivity contribution in [2.45, 2.75) is 90.6 Å². The molecule has 0 saturated carbocycles. The molecule has 0 aromatic heterocycles. The number of aliphatic hydroxyl groups is 1. The molecule has 0 radical (unpaired) electrons. The van der Waals surface area contributed by atoms with Crippen LogP contribution in [-0.2, 0) is 28.6 Å². The van der Waals surface area contributed by atoms with Crippen molar-refractivity contribution in [1.82, 2.24) is 16.0 Å². The molecule has 2 bridgehead atoms. The summed E-state index contributed by atoms with van der Waals surface area (Å²) in [6, 6.07) is 13.6. The number of carboxylic acids is 1. The van der Waals surface area contributed by atoms with Crippen molar-refractivity contribution in [3.05, 3.63) is 129 Å². The third-order valence-corrected chi connectivity index (χ3v) is 13.2. The number of phenols is 1. The van der Waals surface area contributed by atoms with E-state index < -0.39 is 59.9 Å².